The van der Waals surface area contributed by atoms with Gasteiger partial charge >= 0.3 is 0 Å². The molecule has 0 bridgehead atoms. The van der Waals surface area contributed by atoms with E-state index in [2.05, 4.69) is 14.8 Å². The van der Waals surface area contributed by atoms with E-state index in [-0.39, 0.29) is 27.8 Å². The molecule has 1 heterocycles. The first-order valence-corrected chi connectivity index (χ1v) is 11.1. The predicted octanol–water partition coefficient (Wildman–Crippen LogP) is 0.404. The van der Waals surface area contributed by atoms with Crippen molar-refractivity contribution in [3.05, 3.63) is 24.3 Å². The van der Waals surface area contributed by atoms with Crippen molar-refractivity contribution in [1.82, 2.24) is 14.8 Å². The first-order chi connectivity index (χ1) is 11.3. The molecular formula is C15H23N3O4S2. The summed E-state index contributed by atoms with van der Waals surface area (Å²) in [6, 6.07) is 5.20. The maximum absolute atomic E-state index is 12.5. The van der Waals surface area contributed by atoms with Crippen molar-refractivity contribution < 1.29 is 16.8 Å². The molecule has 1 aliphatic carbocycles. The molecule has 2 atom stereocenters. The van der Waals surface area contributed by atoms with Gasteiger partial charge in [-0.05, 0) is 56.0 Å². The van der Waals surface area contributed by atoms with E-state index in [1.165, 1.54) is 24.3 Å². The molecule has 0 aromatic heterocycles. The molecule has 2 fully saturated rings. The zero-order valence-electron chi connectivity index (χ0n) is 13.5. The summed E-state index contributed by atoms with van der Waals surface area (Å²) >= 11 is 0. The van der Waals surface area contributed by atoms with Crippen LogP contribution in [0.5, 0.6) is 0 Å². The smallest absolute Gasteiger partial charge is 0.240 e. The van der Waals surface area contributed by atoms with Crippen LogP contribution in [-0.4, -0.2) is 42.0 Å². The number of hydrogen-bond acceptors (Lipinski definition) is 5. The number of sulfonamides is 2. The molecule has 0 amide bonds. The van der Waals surface area contributed by atoms with Crippen LogP contribution in [-0.2, 0) is 20.0 Å². The summed E-state index contributed by atoms with van der Waals surface area (Å²) in [5, 5.41) is 3.18. The van der Waals surface area contributed by atoms with Crippen LogP contribution in [0.25, 0.3) is 0 Å². The first kappa shape index (κ1) is 17.8. The third kappa shape index (κ3) is 4.15. The average Bonchev–Trinajstić information content (AvgIpc) is 3.33. The summed E-state index contributed by atoms with van der Waals surface area (Å²) in [7, 11) is -7.24. The first-order valence-electron chi connectivity index (χ1n) is 8.13. The lowest BCUT2D eigenvalue weighted by atomic mass is 9.96. The van der Waals surface area contributed by atoms with Crippen LogP contribution in [0.1, 0.15) is 26.2 Å². The molecule has 7 nitrogen and oxygen atoms in total. The molecule has 24 heavy (non-hydrogen) atoms. The second-order valence-corrected chi connectivity index (χ2v) is 9.99. The Bertz CT molecular complexity index is 787. The zero-order valence-corrected chi connectivity index (χ0v) is 15.2. The van der Waals surface area contributed by atoms with Crippen molar-refractivity contribution >= 4 is 20.0 Å². The van der Waals surface area contributed by atoms with E-state index in [0.29, 0.717) is 6.54 Å². The molecule has 9 heteroatoms. The van der Waals surface area contributed by atoms with Gasteiger partial charge in [-0.3, -0.25) is 0 Å². The maximum Gasteiger partial charge on any atom is 0.240 e. The Morgan fingerprint density at radius 3 is 1.96 bits per heavy atom. The van der Waals surface area contributed by atoms with Crippen molar-refractivity contribution in [3.8, 4) is 0 Å². The number of nitrogens with one attached hydrogen (secondary N) is 3. The molecule has 1 aromatic carbocycles. The topological polar surface area (TPSA) is 104 Å². The molecule has 3 rings (SSSR count). The molecule has 2 aliphatic rings. The molecule has 1 aliphatic heterocycles. The fourth-order valence-corrected chi connectivity index (χ4v) is 5.35. The Hall–Kier alpha value is -1.00. The summed E-state index contributed by atoms with van der Waals surface area (Å²) in [5.41, 5.74) is 0. The van der Waals surface area contributed by atoms with Gasteiger partial charge in [-0.1, -0.05) is 6.92 Å². The summed E-state index contributed by atoms with van der Waals surface area (Å²) < 4.78 is 54.5. The van der Waals surface area contributed by atoms with Crippen molar-refractivity contribution in [2.45, 2.75) is 48.1 Å². The van der Waals surface area contributed by atoms with Crippen LogP contribution in [0.4, 0.5) is 0 Å². The lowest BCUT2D eigenvalue weighted by Gasteiger charge is -2.29. The average molecular weight is 374 g/mol. The molecule has 1 aromatic rings. The van der Waals surface area contributed by atoms with E-state index in [0.717, 1.165) is 25.8 Å². The number of piperidine rings is 1. The van der Waals surface area contributed by atoms with Crippen molar-refractivity contribution in [3.63, 3.8) is 0 Å². The lowest BCUT2D eigenvalue weighted by Crippen LogP contribution is -2.50. The quantitative estimate of drug-likeness (QED) is 0.670. The van der Waals surface area contributed by atoms with Gasteiger partial charge in [0, 0.05) is 18.6 Å². The highest BCUT2D eigenvalue weighted by molar-refractivity contribution is 7.90. The fraction of sp³-hybridized carbons (Fsp3) is 0.600. The Morgan fingerprint density at radius 1 is 0.917 bits per heavy atom. The second-order valence-electron chi connectivity index (χ2n) is 6.56. The van der Waals surface area contributed by atoms with Gasteiger partial charge in [-0.25, -0.2) is 26.3 Å². The third-order valence-corrected chi connectivity index (χ3v) is 7.52. The minimum Gasteiger partial charge on any atom is -0.315 e. The van der Waals surface area contributed by atoms with E-state index in [1.807, 2.05) is 6.92 Å². The Balaban J connectivity index is 1.74. The molecular weight excluding hydrogens is 350 g/mol. The molecule has 0 spiro atoms. The van der Waals surface area contributed by atoms with Crippen LogP contribution < -0.4 is 14.8 Å². The van der Waals surface area contributed by atoms with Gasteiger partial charge in [-0.15, -0.1) is 0 Å². The Kier molecular flexibility index (Phi) is 4.99. The van der Waals surface area contributed by atoms with Gasteiger partial charge in [0.25, 0.3) is 0 Å². The molecule has 2 unspecified atom stereocenters. The number of hydrogen-bond donors (Lipinski definition) is 3. The highest BCUT2D eigenvalue weighted by Gasteiger charge is 2.29. The zero-order chi connectivity index (χ0) is 17.4. The Morgan fingerprint density at radius 2 is 1.46 bits per heavy atom. The standard InChI is InChI=1S/C15H23N3O4S2/c1-11-8-9-16-10-15(11)18-24(21,22)14-6-4-13(5-7-14)23(19,20)17-12-2-3-12/h4-7,11-12,15-18H,2-3,8-10H2,1H3. The SMILES string of the molecule is CC1CCNCC1NS(=O)(=O)c1ccc(S(=O)(=O)NC2CC2)cc1. The minimum atomic E-state index is -3.67. The molecule has 1 saturated heterocycles. The van der Waals surface area contributed by atoms with E-state index in [9.17, 15) is 16.8 Å². The van der Waals surface area contributed by atoms with Gasteiger partial charge in [0.2, 0.25) is 20.0 Å². The normalized spacial score (nSPS) is 25.5. The van der Waals surface area contributed by atoms with Crippen LogP contribution >= 0.6 is 0 Å². The van der Waals surface area contributed by atoms with Crippen LogP contribution in [0, 0.1) is 5.92 Å². The van der Waals surface area contributed by atoms with Gasteiger partial charge in [0.1, 0.15) is 0 Å². The van der Waals surface area contributed by atoms with E-state index in [4.69, 9.17) is 0 Å². The monoisotopic (exact) mass is 373 g/mol. The largest absolute Gasteiger partial charge is 0.315 e. The lowest BCUT2D eigenvalue weighted by molar-refractivity contribution is 0.327. The van der Waals surface area contributed by atoms with Gasteiger partial charge in [0.15, 0.2) is 0 Å². The molecule has 0 radical (unpaired) electrons. The summed E-state index contributed by atoms with van der Waals surface area (Å²) in [5.74, 6) is 0.253. The molecule has 1 saturated carbocycles. The van der Waals surface area contributed by atoms with Gasteiger partial charge in [0.05, 0.1) is 9.79 Å². The molecule has 3 N–H and O–H groups in total. The summed E-state index contributed by atoms with van der Waals surface area (Å²) in [6.45, 7) is 3.51. The Labute approximate surface area is 143 Å². The second kappa shape index (κ2) is 6.72. The highest BCUT2D eigenvalue weighted by Crippen LogP contribution is 2.23. The van der Waals surface area contributed by atoms with Crippen molar-refractivity contribution in [1.29, 1.82) is 0 Å². The van der Waals surface area contributed by atoms with E-state index in [1.54, 1.807) is 0 Å². The number of rotatable bonds is 6. The van der Waals surface area contributed by atoms with Crippen LogP contribution in [0.3, 0.4) is 0 Å². The van der Waals surface area contributed by atoms with Gasteiger partial charge in [-0.2, -0.15) is 0 Å². The fourth-order valence-electron chi connectivity index (χ4n) is 2.70. The van der Waals surface area contributed by atoms with Crippen molar-refractivity contribution in [2.24, 2.45) is 5.92 Å². The summed E-state index contributed by atoms with van der Waals surface area (Å²) in [6.07, 6.45) is 2.61. The minimum absolute atomic E-state index is 0.0142. The van der Waals surface area contributed by atoms with Crippen molar-refractivity contribution in [2.75, 3.05) is 13.1 Å². The van der Waals surface area contributed by atoms with E-state index < -0.39 is 20.0 Å². The maximum atomic E-state index is 12.5. The van der Waals surface area contributed by atoms with Gasteiger partial charge < -0.3 is 5.32 Å². The molecule has 134 valence electrons. The predicted molar refractivity (Wildman–Crippen MR) is 90.5 cm³/mol. The number of benzene rings is 1. The highest BCUT2D eigenvalue weighted by atomic mass is 32.2. The summed E-state index contributed by atoms with van der Waals surface area (Å²) in [4.78, 5) is 0.159. The van der Waals surface area contributed by atoms with Crippen LogP contribution in [0.15, 0.2) is 34.1 Å². The van der Waals surface area contributed by atoms with E-state index >= 15 is 0 Å². The van der Waals surface area contributed by atoms with Crippen LogP contribution in [0.2, 0.25) is 0 Å². The third-order valence-electron chi connectivity index (χ3n) is 4.48.